The molecule has 1 unspecified atom stereocenters. The normalized spacial score (nSPS) is 13.7. The highest BCUT2D eigenvalue weighted by Gasteiger charge is 2.18. The largest absolute Gasteiger partial charge is 0.242 e. The van der Waals surface area contributed by atoms with Gasteiger partial charge in [-0.1, -0.05) is 23.8 Å². The zero-order valence-electron chi connectivity index (χ0n) is 11.5. The van der Waals surface area contributed by atoms with Crippen molar-refractivity contribution in [3.8, 4) is 0 Å². The lowest BCUT2D eigenvalue weighted by Crippen LogP contribution is -2.34. The van der Waals surface area contributed by atoms with Crippen molar-refractivity contribution < 1.29 is 4.21 Å². The molecular formula is C14H23NOS. The van der Waals surface area contributed by atoms with Crippen LogP contribution in [0, 0.1) is 13.8 Å². The van der Waals surface area contributed by atoms with Crippen molar-refractivity contribution in [1.29, 1.82) is 0 Å². The second kappa shape index (κ2) is 5.78. The standard InChI is InChI=1S/C14H23NOS/c1-11-6-7-13(12(2)10-11)8-9-15-17(16)14(3,4)5/h6-7,10,15H,8-9H2,1-5H3. The van der Waals surface area contributed by atoms with Gasteiger partial charge in [0.25, 0.3) is 0 Å². The molecule has 2 nitrogen and oxygen atoms in total. The molecular weight excluding hydrogens is 230 g/mol. The topological polar surface area (TPSA) is 29.1 Å². The Kier molecular flexibility index (Phi) is 4.90. The van der Waals surface area contributed by atoms with Crippen LogP contribution in [0.5, 0.6) is 0 Å². The van der Waals surface area contributed by atoms with Gasteiger partial charge in [0.1, 0.15) is 0 Å². The lowest BCUT2D eigenvalue weighted by atomic mass is 10.0. The summed E-state index contributed by atoms with van der Waals surface area (Å²) in [7, 11) is -0.972. The maximum atomic E-state index is 11.8. The van der Waals surface area contributed by atoms with Crippen LogP contribution in [-0.4, -0.2) is 15.5 Å². The number of hydrogen-bond donors (Lipinski definition) is 1. The molecule has 0 fully saturated rings. The Hall–Kier alpha value is -0.670. The van der Waals surface area contributed by atoms with E-state index in [9.17, 15) is 4.21 Å². The summed E-state index contributed by atoms with van der Waals surface area (Å²) < 4.78 is 14.7. The first-order valence-corrected chi connectivity index (χ1v) is 7.17. The van der Waals surface area contributed by atoms with Gasteiger partial charge in [0.2, 0.25) is 0 Å². The molecule has 0 radical (unpaired) electrons. The monoisotopic (exact) mass is 253 g/mol. The van der Waals surface area contributed by atoms with Gasteiger partial charge in [-0.15, -0.1) is 0 Å². The van der Waals surface area contributed by atoms with Gasteiger partial charge in [-0.2, -0.15) is 0 Å². The van der Waals surface area contributed by atoms with Crippen molar-refractivity contribution in [3.63, 3.8) is 0 Å². The molecule has 1 aromatic rings. The minimum Gasteiger partial charge on any atom is -0.242 e. The SMILES string of the molecule is Cc1ccc(CCNS(=O)C(C)(C)C)c(C)c1. The summed E-state index contributed by atoms with van der Waals surface area (Å²) in [6.45, 7) is 10.9. The molecule has 17 heavy (non-hydrogen) atoms. The minimum absolute atomic E-state index is 0.192. The van der Waals surface area contributed by atoms with Crippen LogP contribution in [0.4, 0.5) is 0 Å². The van der Waals surface area contributed by atoms with Crippen LogP contribution in [0.1, 0.15) is 37.5 Å². The Bertz CT molecular complexity index is 407. The highest BCUT2D eigenvalue weighted by molar-refractivity contribution is 7.84. The van der Waals surface area contributed by atoms with E-state index >= 15 is 0 Å². The summed E-state index contributed by atoms with van der Waals surface area (Å²) in [5, 5.41) is 0. The average molecular weight is 253 g/mol. The first-order chi connectivity index (χ1) is 7.80. The fraction of sp³-hybridized carbons (Fsp3) is 0.571. The molecule has 1 aromatic carbocycles. The molecule has 0 aliphatic rings. The molecule has 0 aliphatic carbocycles. The summed E-state index contributed by atoms with van der Waals surface area (Å²) in [5.74, 6) is 0. The fourth-order valence-electron chi connectivity index (χ4n) is 1.62. The summed E-state index contributed by atoms with van der Waals surface area (Å²) in [6, 6.07) is 6.48. The first-order valence-electron chi connectivity index (χ1n) is 6.02. The molecule has 0 aromatic heterocycles. The van der Waals surface area contributed by atoms with E-state index in [0.717, 1.165) is 13.0 Å². The third-order valence-electron chi connectivity index (χ3n) is 2.68. The smallest absolute Gasteiger partial charge is 0.0970 e. The Balaban J connectivity index is 2.49. The highest BCUT2D eigenvalue weighted by atomic mass is 32.2. The molecule has 96 valence electrons. The van der Waals surface area contributed by atoms with Crippen LogP contribution in [-0.2, 0) is 17.4 Å². The van der Waals surface area contributed by atoms with E-state index in [1.807, 2.05) is 20.8 Å². The van der Waals surface area contributed by atoms with Gasteiger partial charge in [0, 0.05) is 6.54 Å². The van der Waals surface area contributed by atoms with E-state index in [-0.39, 0.29) is 4.75 Å². The molecule has 0 aliphatic heterocycles. The Morgan fingerprint density at radius 2 is 1.88 bits per heavy atom. The van der Waals surface area contributed by atoms with E-state index in [0.29, 0.717) is 0 Å². The third kappa shape index (κ3) is 4.60. The second-order valence-electron chi connectivity index (χ2n) is 5.46. The van der Waals surface area contributed by atoms with Crippen molar-refractivity contribution >= 4 is 11.0 Å². The van der Waals surface area contributed by atoms with E-state index in [1.54, 1.807) is 0 Å². The van der Waals surface area contributed by atoms with Gasteiger partial charge in [0.15, 0.2) is 0 Å². The van der Waals surface area contributed by atoms with Gasteiger partial charge >= 0.3 is 0 Å². The quantitative estimate of drug-likeness (QED) is 0.878. The molecule has 0 saturated heterocycles. The highest BCUT2D eigenvalue weighted by Crippen LogP contribution is 2.12. The summed E-state index contributed by atoms with van der Waals surface area (Å²) >= 11 is 0. The second-order valence-corrected chi connectivity index (χ2v) is 7.51. The van der Waals surface area contributed by atoms with Gasteiger partial charge in [-0.05, 0) is 52.2 Å². The van der Waals surface area contributed by atoms with Crippen LogP contribution in [0.25, 0.3) is 0 Å². The van der Waals surface area contributed by atoms with Crippen molar-refractivity contribution in [1.82, 2.24) is 4.72 Å². The van der Waals surface area contributed by atoms with E-state index in [2.05, 4.69) is 36.8 Å². The van der Waals surface area contributed by atoms with E-state index in [4.69, 9.17) is 0 Å². The van der Waals surface area contributed by atoms with Crippen molar-refractivity contribution in [2.75, 3.05) is 6.54 Å². The van der Waals surface area contributed by atoms with Crippen LogP contribution in [0.3, 0.4) is 0 Å². The molecule has 1 atom stereocenters. The third-order valence-corrected chi connectivity index (χ3v) is 4.26. The molecule has 0 bridgehead atoms. The molecule has 0 spiro atoms. The van der Waals surface area contributed by atoms with Gasteiger partial charge in [-0.3, -0.25) is 0 Å². The maximum Gasteiger partial charge on any atom is 0.0970 e. The van der Waals surface area contributed by atoms with E-state index < -0.39 is 11.0 Å². The molecule has 1 N–H and O–H groups in total. The van der Waals surface area contributed by atoms with E-state index in [1.165, 1.54) is 16.7 Å². The van der Waals surface area contributed by atoms with Crippen molar-refractivity contribution in [3.05, 3.63) is 34.9 Å². The lowest BCUT2D eigenvalue weighted by molar-refractivity contribution is 0.634. The van der Waals surface area contributed by atoms with Gasteiger partial charge in [-0.25, -0.2) is 8.93 Å². The first kappa shape index (κ1) is 14.4. The number of benzene rings is 1. The Morgan fingerprint density at radius 1 is 1.24 bits per heavy atom. The van der Waals surface area contributed by atoms with Crippen LogP contribution in [0.15, 0.2) is 18.2 Å². The Morgan fingerprint density at radius 3 is 2.41 bits per heavy atom. The minimum atomic E-state index is -0.972. The zero-order chi connectivity index (χ0) is 13.1. The number of aryl methyl sites for hydroxylation is 2. The number of nitrogens with one attached hydrogen (secondary N) is 1. The molecule has 3 heteroatoms. The lowest BCUT2D eigenvalue weighted by Gasteiger charge is -2.18. The number of rotatable bonds is 4. The molecule has 1 rings (SSSR count). The summed E-state index contributed by atoms with van der Waals surface area (Å²) in [4.78, 5) is 0. The summed E-state index contributed by atoms with van der Waals surface area (Å²) in [6.07, 6.45) is 0.925. The Labute approximate surface area is 107 Å². The molecule has 0 amide bonds. The fourth-order valence-corrected chi connectivity index (χ4v) is 2.34. The van der Waals surface area contributed by atoms with Gasteiger partial charge < -0.3 is 0 Å². The van der Waals surface area contributed by atoms with Crippen LogP contribution < -0.4 is 4.72 Å². The van der Waals surface area contributed by atoms with Crippen LogP contribution >= 0.6 is 0 Å². The van der Waals surface area contributed by atoms with Crippen LogP contribution in [0.2, 0.25) is 0 Å². The predicted molar refractivity (Wildman–Crippen MR) is 75.5 cm³/mol. The predicted octanol–water partition coefficient (Wildman–Crippen LogP) is 2.90. The average Bonchev–Trinajstić information content (AvgIpc) is 2.19. The number of hydrogen-bond acceptors (Lipinski definition) is 1. The maximum absolute atomic E-state index is 11.8. The molecule has 0 saturated carbocycles. The van der Waals surface area contributed by atoms with Crippen molar-refractivity contribution in [2.24, 2.45) is 0 Å². The molecule has 0 heterocycles. The summed E-state index contributed by atoms with van der Waals surface area (Å²) in [5.41, 5.74) is 3.93. The van der Waals surface area contributed by atoms with Gasteiger partial charge in [0.05, 0.1) is 15.7 Å². The zero-order valence-corrected chi connectivity index (χ0v) is 12.3. The van der Waals surface area contributed by atoms with Crippen molar-refractivity contribution in [2.45, 2.75) is 45.8 Å².